The summed E-state index contributed by atoms with van der Waals surface area (Å²) in [5.41, 5.74) is -0.890. The standard InChI is InChI=1S/C23H29F2N3O5/c1-22(2,3)21(32)27-16-17(28-10-12-7-5-6-8-13(12)14(28)9-26)20(24)23(4,25)33-19(16)18(31)15(30)11-29/h5-8,10,15-20,29-31H,11H2,1-4H3,(H,27,32)/t15-,16-,17-,18-,19-,20?,23?/m1/s1. The van der Waals surface area contributed by atoms with Crippen LogP contribution in [-0.2, 0) is 9.53 Å². The summed E-state index contributed by atoms with van der Waals surface area (Å²) < 4.78 is 37.5. The lowest BCUT2D eigenvalue weighted by molar-refractivity contribution is -0.279. The van der Waals surface area contributed by atoms with Crippen molar-refractivity contribution in [2.24, 2.45) is 5.41 Å². The quantitative estimate of drug-likeness (QED) is 0.533. The molecule has 10 heteroatoms. The first-order chi connectivity index (χ1) is 15.3. The number of hydrogen-bond donors (Lipinski definition) is 4. The van der Waals surface area contributed by atoms with E-state index in [1.165, 1.54) is 10.8 Å². The van der Waals surface area contributed by atoms with E-state index in [0.29, 0.717) is 10.8 Å². The molecule has 1 aromatic carbocycles. The molecule has 1 amide bonds. The number of halogens is 2. The highest BCUT2D eigenvalue weighted by Gasteiger charge is 2.57. The van der Waals surface area contributed by atoms with Crippen molar-refractivity contribution >= 4 is 16.7 Å². The minimum Gasteiger partial charge on any atom is -0.394 e. The monoisotopic (exact) mass is 465 g/mol. The highest BCUT2D eigenvalue weighted by atomic mass is 19.2. The van der Waals surface area contributed by atoms with E-state index in [1.54, 1.807) is 45.0 Å². The normalized spacial score (nSPS) is 29.9. The van der Waals surface area contributed by atoms with Crippen molar-refractivity contribution in [3.05, 3.63) is 36.2 Å². The number of carbonyl (C=O) groups excluding carboxylic acids is 1. The molecule has 1 aliphatic heterocycles. The van der Waals surface area contributed by atoms with E-state index in [9.17, 15) is 25.4 Å². The lowest BCUT2D eigenvalue weighted by atomic mass is 9.85. The molecular formula is C23H29F2N3O5. The minimum atomic E-state index is -2.93. The zero-order valence-electron chi connectivity index (χ0n) is 18.9. The number of ether oxygens (including phenoxy) is 1. The third-order valence-corrected chi connectivity index (χ3v) is 5.96. The number of nitrogens with one attached hydrogen (secondary N) is 1. The van der Waals surface area contributed by atoms with Gasteiger partial charge in [-0.05, 0) is 6.92 Å². The van der Waals surface area contributed by atoms with Crippen molar-refractivity contribution in [3.63, 3.8) is 0 Å². The van der Waals surface area contributed by atoms with Gasteiger partial charge in [0, 0.05) is 22.4 Å². The molecule has 4 N–H and O–H groups in total. The fourth-order valence-electron chi connectivity index (χ4n) is 4.08. The van der Waals surface area contributed by atoms with Crippen LogP contribution in [-0.4, -0.2) is 68.8 Å². The topological polar surface area (TPSA) is 128 Å². The van der Waals surface area contributed by atoms with Crippen LogP contribution in [0.15, 0.2) is 30.5 Å². The summed E-state index contributed by atoms with van der Waals surface area (Å²) in [6.07, 6.45) is -6.11. The molecule has 0 saturated carbocycles. The van der Waals surface area contributed by atoms with E-state index in [-0.39, 0.29) is 5.69 Å². The lowest BCUT2D eigenvalue weighted by Crippen LogP contribution is -2.67. The molecule has 0 aliphatic carbocycles. The molecule has 1 saturated heterocycles. The van der Waals surface area contributed by atoms with Crippen molar-refractivity contribution < 1.29 is 33.6 Å². The van der Waals surface area contributed by atoms with Gasteiger partial charge in [0.25, 0.3) is 0 Å². The summed E-state index contributed by atoms with van der Waals surface area (Å²) >= 11 is 0. The number of amides is 1. The fourth-order valence-corrected chi connectivity index (χ4v) is 4.08. The second kappa shape index (κ2) is 8.99. The van der Waals surface area contributed by atoms with Gasteiger partial charge in [-0.2, -0.15) is 5.26 Å². The Kier molecular flexibility index (Phi) is 6.82. The van der Waals surface area contributed by atoms with Gasteiger partial charge in [-0.25, -0.2) is 8.78 Å². The van der Waals surface area contributed by atoms with Gasteiger partial charge in [0.1, 0.15) is 30.1 Å². The van der Waals surface area contributed by atoms with E-state index in [4.69, 9.17) is 4.74 Å². The number of nitriles is 1. The number of alkyl halides is 2. The summed E-state index contributed by atoms with van der Waals surface area (Å²) in [7, 11) is 0. The van der Waals surface area contributed by atoms with Crippen molar-refractivity contribution in [2.45, 2.75) is 70.1 Å². The van der Waals surface area contributed by atoms with E-state index in [0.717, 1.165) is 6.92 Å². The van der Waals surface area contributed by atoms with Gasteiger partial charge in [-0.3, -0.25) is 4.79 Å². The maximum Gasteiger partial charge on any atom is 0.240 e. The predicted octanol–water partition coefficient (Wildman–Crippen LogP) is 1.72. The van der Waals surface area contributed by atoms with Crippen LogP contribution in [0.3, 0.4) is 0 Å². The summed E-state index contributed by atoms with van der Waals surface area (Å²) in [6.45, 7) is 4.82. The number of hydrogen-bond acceptors (Lipinski definition) is 6. The molecule has 2 aromatic rings. The van der Waals surface area contributed by atoms with Crippen LogP contribution in [0.25, 0.3) is 10.8 Å². The Morgan fingerprint density at radius 1 is 1.36 bits per heavy atom. The average molecular weight is 465 g/mol. The van der Waals surface area contributed by atoms with Gasteiger partial charge in [0.15, 0.2) is 6.17 Å². The molecule has 1 aromatic heterocycles. The third kappa shape index (κ3) is 4.59. The lowest BCUT2D eigenvalue weighted by Gasteiger charge is -2.48. The number of aromatic nitrogens is 1. The van der Waals surface area contributed by atoms with Crippen molar-refractivity contribution in [1.29, 1.82) is 5.26 Å². The first-order valence-electron chi connectivity index (χ1n) is 10.6. The zero-order chi connectivity index (χ0) is 24.7. The molecule has 8 nitrogen and oxygen atoms in total. The van der Waals surface area contributed by atoms with Crippen LogP contribution in [0.4, 0.5) is 8.78 Å². The zero-order valence-corrected chi connectivity index (χ0v) is 18.9. The highest BCUT2D eigenvalue weighted by molar-refractivity contribution is 5.87. The Labute approximate surface area is 190 Å². The molecule has 1 fully saturated rings. The average Bonchev–Trinajstić information content (AvgIpc) is 3.12. The minimum absolute atomic E-state index is 0.0434. The van der Waals surface area contributed by atoms with Gasteiger partial charge in [-0.15, -0.1) is 0 Å². The Balaban J connectivity index is 2.22. The predicted molar refractivity (Wildman–Crippen MR) is 115 cm³/mol. The van der Waals surface area contributed by atoms with Crippen LogP contribution in [0.5, 0.6) is 0 Å². The van der Waals surface area contributed by atoms with Gasteiger partial charge < -0.3 is 29.9 Å². The maximum absolute atomic E-state index is 15.7. The second-order valence-corrected chi connectivity index (χ2v) is 9.53. The summed E-state index contributed by atoms with van der Waals surface area (Å²) in [6, 6.07) is 5.92. The van der Waals surface area contributed by atoms with Crippen LogP contribution < -0.4 is 5.32 Å². The van der Waals surface area contributed by atoms with Gasteiger partial charge in [0.05, 0.1) is 18.7 Å². The molecule has 0 spiro atoms. The molecule has 7 atom stereocenters. The Morgan fingerprint density at radius 2 is 2.00 bits per heavy atom. The van der Waals surface area contributed by atoms with Crippen LogP contribution in [0, 0.1) is 16.7 Å². The van der Waals surface area contributed by atoms with Gasteiger partial charge >= 0.3 is 0 Å². The number of carbonyl (C=O) groups is 1. The molecule has 2 heterocycles. The van der Waals surface area contributed by atoms with Gasteiger partial charge in [0.2, 0.25) is 11.8 Å². The molecule has 3 rings (SSSR count). The Hall–Kier alpha value is -2.58. The molecule has 0 bridgehead atoms. The molecule has 33 heavy (non-hydrogen) atoms. The number of nitrogens with zero attached hydrogens (tertiary/aromatic N) is 2. The third-order valence-electron chi connectivity index (χ3n) is 5.96. The SMILES string of the molecule is CC(C)(C)C(=O)N[C@H]1[C@H]([C@H](O)[C@H](O)CO)OC(C)(F)C(F)[C@@H]1n1cc2ccccc2c1C#N. The van der Waals surface area contributed by atoms with E-state index in [1.807, 2.05) is 6.07 Å². The molecule has 1 aliphatic rings. The fraction of sp³-hybridized carbons (Fsp3) is 0.565. The molecule has 0 radical (unpaired) electrons. The van der Waals surface area contributed by atoms with Crippen molar-refractivity contribution in [1.82, 2.24) is 9.88 Å². The largest absolute Gasteiger partial charge is 0.394 e. The summed E-state index contributed by atoms with van der Waals surface area (Å²) in [4.78, 5) is 12.9. The Bertz CT molecular complexity index is 1060. The van der Waals surface area contributed by atoms with Crippen LogP contribution >= 0.6 is 0 Å². The summed E-state index contributed by atoms with van der Waals surface area (Å²) in [5.74, 6) is -3.47. The first-order valence-corrected chi connectivity index (χ1v) is 10.6. The van der Waals surface area contributed by atoms with Crippen molar-refractivity contribution in [2.75, 3.05) is 6.61 Å². The second-order valence-electron chi connectivity index (χ2n) is 9.53. The number of aliphatic hydroxyl groups is 3. The maximum atomic E-state index is 15.7. The van der Waals surface area contributed by atoms with E-state index >= 15 is 8.78 Å². The number of rotatable bonds is 5. The van der Waals surface area contributed by atoms with Crippen molar-refractivity contribution in [3.8, 4) is 6.07 Å². The molecule has 2 unspecified atom stereocenters. The number of aliphatic hydroxyl groups excluding tert-OH is 3. The smallest absolute Gasteiger partial charge is 0.240 e. The van der Waals surface area contributed by atoms with E-state index < -0.39 is 60.4 Å². The molecular weight excluding hydrogens is 436 g/mol. The van der Waals surface area contributed by atoms with E-state index in [2.05, 4.69) is 5.32 Å². The number of benzene rings is 1. The highest BCUT2D eigenvalue weighted by Crippen LogP contribution is 2.43. The Morgan fingerprint density at radius 3 is 2.58 bits per heavy atom. The molecule has 180 valence electrons. The first kappa shape index (κ1) is 25.1. The number of fused-ring (bicyclic) bond motifs is 1. The summed E-state index contributed by atoms with van der Waals surface area (Å²) in [5, 5.41) is 43.5. The van der Waals surface area contributed by atoms with Crippen LogP contribution in [0.2, 0.25) is 0 Å². The van der Waals surface area contributed by atoms with Crippen LogP contribution in [0.1, 0.15) is 39.4 Å². The van der Waals surface area contributed by atoms with Gasteiger partial charge in [-0.1, -0.05) is 45.0 Å².